The van der Waals surface area contributed by atoms with Crippen LogP contribution in [0.2, 0.25) is 5.02 Å². The molecule has 1 fully saturated rings. The maximum Gasteiger partial charge on any atom is 0.152 e. The molecule has 1 aliphatic rings. The van der Waals surface area contributed by atoms with Gasteiger partial charge in [0.1, 0.15) is 0 Å². The Balaban J connectivity index is 1.71. The first-order chi connectivity index (χ1) is 14.2. The number of hydrogen-bond acceptors (Lipinski definition) is 4. The van der Waals surface area contributed by atoms with Gasteiger partial charge in [-0.05, 0) is 73.6 Å². The Morgan fingerprint density at radius 3 is 2.48 bits per heavy atom. The SMILES string of the molecule is CCc1ccc2nc(/C=C\c3ccc(Cl)cc3)nc(C3CCC(NN)CC3)c2c1. The predicted octanol–water partition coefficient (Wildman–Crippen LogP) is 5.51. The summed E-state index contributed by atoms with van der Waals surface area (Å²) in [6.07, 6.45) is 9.39. The molecule has 3 aromatic rings. The van der Waals surface area contributed by atoms with Gasteiger partial charge in [0, 0.05) is 22.4 Å². The van der Waals surface area contributed by atoms with Gasteiger partial charge >= 0.3 is 0 Å². The zero-order valence-electron chi connectivity index (χ0n) is 16.7. The van der Waals surface area contributed by atoms with Crippen LogP contribution in [-0.4, -0.2) is 16.0 Å². The van der Waals surface area contributed by atoms with Crippen molar-refractivity contribution in [2.45, 2.75) is 51.0 Å². The van der Waals surface area contributed by atoms with Gasteiger partial charge in [0.15, 0.2) is 5.82 Å². The highest BCUT2D eigenvalue weighted by Gasteiger charge is 2.24. The lowest BCUT2D eigenvalue weighted by Gasteiger charge is -2.28. The van der Waals surface area contributed by atoms with Crippen LogP contribution >= 0.6 is 11.6 Å². The second-order valence-electron chi connectivity index (χ2n) is 7.77. The lowest BCUT2D eigenvalue weighted by atomic mass is 9.83. The van der Waals surface area contributed by atoms with Crippen LogP contribution in [0.3, 0.4) is 0 Å². The van der Waals surface area contributed by atoms with Gasteiger partial charge < -0.3 is 0 Å². The molecular formula is C24H27ClN4. The predicted molar refractivity (Wildman–Crippen MR) is 122 cm³/mol. The smallest absolute Gasteiger partial charge is 0.152 e. The van der Waals surface area contributed by atoms with Crippen molar-refractivity contribution in [1.29, 1.82) is 0 Å². The maximum absolute atomic E-state index is 5.99. The Kier molecular flexibility index (Phi) is 6.24. The van der Waals surface area contributed by atoms with Gasteiger partial charge in [0.05, 0.1) is 11.2 Å². The molecule has 2 aromatic carbocycles. The van der Waals surface area contributed by atoms with E-state index in [-0.39, 0.29) is 0 Å². The average Bonchev–Trinajstić information content (AvgIpc) is 2.78. The molecule has 0 saturated heterocycles. The molecule has 0 amide bonds. The van der Waals surface area contributed by atoms with Crippen LogP contribution in [-0.2, 0) is 6.42 Å². The van der Waals surface area contributed by atoms with E-state index in [1.165, 1.54) is 16.6 Å². The van der Waals surface area contributed by atoms with E-state index in [0.29, 0.717) is 12.0 Å². The van der Waals surface area contributed by atoms with E-state index in [2.05, 4.69) is 30.5 Å². The summed E-state index contributed by atoms with van der Waals surface area (Å²) in [7, 11) is 0. The Bertz CT molecular complexity index is 1010. The zero-order chi connectivity index (χ0) is 20.2. The Morgan fingerprint density at radius 2 is 1.79 bits per heavy atom. The van der Waals surface area contributed by atoms with Crippen molar-refractivity contribution < 1.29 is 0 Å². The van der Waals surface area contributed by atoms with E-state index >= 15 is 0 Å². The van der Waals surface area contributed by atoms with Gasteiger partial charge in [-0.2, -0.15) is 0 Å². The van der Waals surface area contributed by atoms with E-state index < -0.39 is 0 Å². The third kappa shape index (κ3) is 4.67. The first-order valence-electron chi connectivity index (χ1n) is 10.4. The molecule has 0 bridgehead atoms. The number of nitrogens with one attached hydrogen (secondary N) is 1. The highest BCUT2D eigenvalue weighted by molar-refractivity contribution is 6.30. The van der Waals surface area contributed by atoms with Crippen LogP contribution in [0.25, 0.3) is 23.1 Å². The molecule has 1 aromatic heterocycles. The van der Waals surface area contributed by atoms with Crippen molar-refractivity contribution in [2.75, 3.05) is 0 Å². The maximum atomic E-state index is 5.99. The van der Waals surface area contributed by atoms with Crippen molar-refractivity contribution in [3.63, 3.8) is 0 Å². The standard InChI is InChI=1S/C24H27ClN4/c1-2-16-5-13-22-21(15-16)24(18-7-11-20(29-26)12-8-18)28-23(27-22)14-6-17-3-9-19(25)10-4-17/h3-6,9-10,13-15,18,20,29H,2,7-8,11-12,26H2,1H3/b14-6-. The zero-order valence-corrected chi connectivity index (χ0v) is 17.5. The van der Waals surface area contributed by atoms with Crippen LogP contribution in [0.1, 0.15) is 61.2 Å². The van der Waals surface area contributed by atoms with Crippen LogP contribution in [0.4, 0.5) is 0 Å². The van der Waals surface area contributed by atoms with Gasteiger partial charge in [-0.15, -0.1) is 0 Å². The van der Waals surface area contributed by atoms with Crippen molar-refractivity contribution in [3.05, 3.63) is 70.1 Å². The fraction of sp³-hybridized carbons (Fsp3) is 0.333. The summed E-state index contributed by atoms with van der Waals surface area (Å²) >= 11 is 5.99. The number of nitrogens with two attached hydrogens (primary N) is 1. The van der Waals surface area contributed by atoms with Crippen LogP contribution in [0.5, 0.6) is 0 Å². The monoisotopic (exact) mass is 406 g/mol. The fourth-order valence-electron chi connectivity index (χ4n) is 4.10. The number of nitrogens with zero attached hydrogens (tertiary/aromatic N) is 2. The summed E-state index contributed by atoms with van der Waals surface area (Å²) in [6.45, 7) is 2.18. The number of benzene rings is 2. The molecule has 0 atom stereocenters. The van der Waals surface area contributed by atoms with Crippen LogP contribution < -0.4 is 11.3 Å². The number of aromatic nitrogens is 2. The Labute approximate surface area is 177 Å². The van der Waals surface area contributed by atoms with E-state index in [9.17, 15) is 0 Å². The Morgan fingerprint density at radius 1 is 1.03 bits per heavy atom. The summed E-state index contributed by atoms with van der Waals surface area (Å²) in [5, 5.41) is 1.93. The summed E-state index contributed by atoms with van der Waals surface area (Å²) < 4.78 is 0. The largest absolute Gasteiger partial charge is 0.271 e. The number of fused-ring (bicyclic) bond motifs is 1. The van der Waals surface area contributed by atoms with Crippen LogP contribution in [0, 0.1) is 0 Å². The van der Waals surface area contributed by atoms with E-state index in [0.717, 1.165) is 54.0 Å². The minimum absolute atomic E-state index is 0.412. The molecule has 1 aliphatic carbocycles. The molecular weight excluding hydrogens is 380 g/mol. The first kappa shape index (κ1) is 20.0. The fourth-order valence-corrected chi connectivity index (χ4v) is 4.23. The van der Waals surface area contributed by atoms with Crippen LogP contribution in [0.15, 0.2) is 42.5 Å². The van der Waals surface area contributed by atoms with Gasteiger partial charge in [-0.3, -0.25) is 11.3 Å². The first-order valence-corrected chi connectivity index (χ1v) is 10.7. The minimum Gasteiger partial charge on any atom is -0.271 e. The second kappa shape index (κ2) is 9.04. The van der Waals surface area contributed by atoms with Gasteiger partial charge in [0.25, 0.3) is 0 Å². The highest BCUT2D eigenvalue weighted by Crippen LogP contribution is 2.35. The van der Waals surface area contributed by atoms with Crippen molar-refractivity contribution in [2.24, 2.45) is 5.84 Å². The summed E-state index contributed by atoms with van der Waals surface area (Å²) in [6, 6.07) is 14.8. The summed E-state index contributed by atoms with van der Waals surface area (Å²) in [5.74, 6) is 6.85. The lowest BCUT2D eigenvalue weighted by molar-refractivity contribution is 0.344. The molecule has 0 aliphatic heterocycles. The van der Waals surface area contributed by atoms with E-state index in [1.54, 1.807) is 0 Å². The molecule has 0 radical (unpaired) electrons. The molecule has 0 spiro atoms. The molecule has 4 nitrogen and oxygen atoms in total. The van der Waals surface area contributed by atoms with Gasteiger partial charge in [-0.1, -0.05) is 42.8 Å². The Hall–Kier alpha value is -2.27. The molecule has 1 saturated carbocycles. The topological polar surface area (TPSA) is 63.8 Å². The molecule has 3 N–H and O–H groups in total. The molecule has 5 heteroatoms. The molecule has 0 unspecified atom stereocenters. The molecule has 29 heavy (non-hydrogen) atoms. The number of hydrogen-bond donors (Lipinski definition) is 2. The number of aryl methyl sites for hydroxylation is 1. The second-order valence-corrected chi connectivity index (χ2v) is 8.21. The quantitative estimate of drug-likeness (QED) is 0.433. The average molecular weight is 407 g/mol. The minimum atomic E-state index is 0.412. The number of hydrazine groups is 1. The highest BCUT2D eigenvalue weighted by atomic mass is 35.5. The molecule has 4 rings (SSSR count). The summed E-state index contributed by atoms with van der Waals surface area (Å²) in [5.41, 5.74) is 7.53. The normalized spacial score (nSPS) is 19.8. The van der Waals surface area contributed by atoms with Crippen molar-refractivity contribution in [3.8, 4) is 0 Å². The number of rotatable bonds is 5. The van der Waals surface area contributed by atoms with Crippen molar-refractivity contribution in [1.82, 2.24) is 15.4 Å². The van der Waals surface area contributed by atoms with Crippen molar-refractivity contribution >= 4 is 34.7 Å². The van der Waals surface area contributed by atoms with Gasteiger partial charge in [0.2, 0.25) is 0 Å². The summed E-state index contributed by atoms with van der Waals surface area (Å²) in [4.78, 5) is 9.82. The lowest BCUT2D eigenvalue weighted by Crippen LogP contribution is -2.37. The third-order valence-corrected chi connectivity index (χ3v) is 6.11. The number of halogens is 1. The third-order valence-electron chi connectivity index (χ3n) is 5.86. The van der Waals surface area contributed by atoms with E-state index in [1.807, 2.05) is 36.4 Å². The molecule has 150 valence electrons. The van der Waals surface area contributed by atoms with Gasteiger partial charge in [-0.25, -0.2) is 9.97 Å². The van der Waals surface area contributed by atoms with E-state index in [4.69, 9.17) is 27.4 Å². The molecule has 1 heterocycles.